The minimum Gasteiger partial charge on any atom is -0.450 e. The lowest BCUT2D eigenvalue weighted by Gasteiger charge is -2.40. The number of urea groups is 1. The molecule has 3 rings (SSSR count). The number of rotatable bonds is 3. The van der Waals surface area contributed by atoms with Crippen molar-refractivity contribution in [3.05, 3.63) is 29.3 Å². The van der Waals surface area contributed by atoms with E-state index in [1.54, 1.807) is 11.0 Å². The van der Waals surface area contributed by atoms with Crippen LogP contribution in [0.15, 0.2) is 18.2 Å². The number of benzene rings is 1. The monoisotopic (exact) mass is 432 g/mol. The van der Waals surface area contributed by atoms with Crippen LogP contribution in [0.2, 0.25) is 0 Å². The number of morpholine rings is 1. The number of aryl methyl sites for hydroxylation is 1. The number of carboxylic acid groups (broad SMARTS) is 1. The number of hydrogen-bond acceptors (Lipinski definition) is 5. The molecule has 0 bridgehead atoms. The van der Waals surface area contributed by atoms with E-state index < -0.39 is 18.6 Å². The van der Waals surface area contributed by atoms with Crippen molar-refractivity contribution < 1.29 is 42.1 Å². The molecule has 30 heavy (non-hydrogen) atoms. The van der Waals surface area contributed by atoms with E-state index in [9.17, 15) is 22.8 Å². The average Bonchev–Trinajstić information content (AvgIpc) is 2.68. The Morgan fingerprint density at radius 3 is 2.47 bits per heavy atom. The van der Waals surface area contributed by atoms with E-state index in [2.05, 4.69) is 4.74 Å². The number of carbonyl (C=O) groups is 2. The second-order valence-electron chi connectivity index (χ2n) is 7.30. The summed E-state index contributed by atoms with van der Waals surface area (Å²) in [4.78, 5) is 27.1. The lowest BCUT2D eigenvalue weighted by molar-refractivity contribution is -0.274. The Hall–Kier alpha value is -2.69. The van der Waals surface area contributed by atoms with Gasteiger partial charge in [-0.2, -0.15) is 0 Å². The molecule has 2 heterocycles. The standard InChI is InChI=1S/C19H23F3N2O6/c1-12-8-13(2-3-16(12)30-19(20,21)22)14-9-15(29-18(26)27)11-24(10-14)17(25)23-4-6-28-7-5-23/h2-3,8,14-15H,4-7,9-11H2,1H3,(H,26,27). The SMILES string of the molecule is Cc1cc(C2CC(OC(=O)O)CN(C(=O)N3CCOCC3)C2)ccc1OC(F)(F)F. The van der Waals surface area contributed by atoms with Gasteiger partial charge < -0.3 is 29.1 Å². The fourth-order valence-electron chi connectivity index (χ4n) is 3.80. The number of amides is 2. The van der Waals surface area contributed by atoms with Crippen molar-refractivity contribution >= 4 is 12.2 Å². The van der Waals surface area contributed by atoms with Crippen LogP contribution in [0.25, 0.3) is 0 Å². The highest BCUT2D eigenvalue weighted by atomic mass is 19.4. The molecule has 2 saturated heterocycles. The second-order valence-corrected chi connectivity index (χ2v) is 7.30. The molecule has 0 saturated carbocycles. The van der Waals surface area contributed by atoms with Crippen molar-refractivity contribution in [1.82, 2.24) is 9.80 Å². The van der Waals surface area contributed by atoms with Crippen molar-refractivity contribution in [1.29, 1.82) is 0 Å². The zero-order valence-electron chi connectivity index (χ0n) is 16.4. The number of nitrogens with zero attached hydrogens (tertiary/aromatic N) is 2. The van der Waals surface area contributed by atoms with E-state index in [0.29, 0.717) is 44.8 Å². The van der Waals surface area contributed by atoms with Gasteiger partial charge in [0.05, 0.1) is 19.8 Å². The number of hydrogen-bond donors (Lipinski definition) is 1. The molecule has 2 amide bonds. The van der Waals surface area contributed by atoms with Gasteiger partial charge in [0.25, 0.3) is 0 Å². The Bertz CT molecular complexity index is 782. The van der Waals surface area contributed by atoms with E-state index in [4.69, 9.17) is 14.6 Å². The molecule has 2 atom stereocenters. The minimum absolute atomic E-state index is 0.118. The summed E-state index contributed by atoms with van der Waals surface area (Å²) in [6, 6.07) is 4.05. The van der Waals surface area contributed by atoms with Crippen LogP contribution in [0.4, 0.5) is 22.8 Å². The maximum atomic E-state index is 12.9. The van der Waals surface area contributed by atoms with Gasteiger partial charge in [0, 0.05) is 25.6 Å². The molecule has 1 aromatic rings. The number of likely N-dealkylation sites (tertiary alicyclic amines) is 1. The van der Waals surface area contributed by atoms with E-state index >= 15 is 0 Å². The van der Waals surface area contributed by atoms with Crippen molar-refractivity contribution in [2.75, 3.05) is 39.4 Å². The first-order valence-corrected chi connectivity index (χ1v) is 9.50. The van der Waals surface area contributed by atoms with Crippen molar-refractivity contribution in [3.63, 3.8) is 0 Å². The predicted octanol–water partition coefficient (Wildman–Crippen LogP) is 3.20. The molecule has 2 aliphatic heterocycles. The van der Waals surface area contributed by atoms with Crippen LogP contribution in [0.1, 0.15) is 23.5 Å². The Morgan fingerprint density at radius 2 is 1.87 bits per heavy atom. The average molecular weight is 432 g/mol. The van der Waals surface area contributed by atoms with Gasteiger partial charge in [0.15, 0.2) is 0 Å². The summed E-state index contributed by atoms with van der Waals surface area (Å²) in [5.41, 5.74) is 0.970. The minimum atomic E-state index is -4.79. The van der Waals surface area contributed by atoms with E-state index in [1.165, 1.54) is 24.0 Å². The Kier molecular flexibility index (Phi) is 6.59. The molecule has 166 valence electrons. The number of ether oxygens (including phenoxy) is 3. The van der Waals surface area contributed by atoms with Crippen LogP contribution in [-0.4, -0.2) is 79.0 Å². The second kappa shape index (κ2) is 8.99. The maximum absolute atomic E-state index is 12.9. The van der Waals surface area contributed by atoms with Crippen LogP contribution in [0.3, 0.4) is 0 Å². The summed E-state index contributed by atoms with van der Waals surface area (Å²) in [7, 11) is 0. The zero-order valence-corrected chi connectivity index (χ0v) is 16.4. The van der Waals surface area contributed by atoms with Crippen molar-refractivity contribution in [3.8, 4) is 5.75 Å². The molecule has 0 aliphatic carbocycles. The quantitative estimate of drug-likeness (QED) is 0.738. The molecule has 0 radical (unpaired) electrons. The van der Waals surface area contributed by atoms with E-state index in [0.717, 1.165) is 0 Å². The van der Waals surface area contributed by atoms with Gasteiger partial charge in [-0.3, -0.25) is 0 Å². The zero-order chi connectivity index (χ0) is 21.9. The summed E-state index contributed by atoms with van der Waals surface area (Å²) in [5, 5.41) is 9.01. The third kappa shape index (κ3) is 5.68. The molecule has 2 aliphatic rings. The summed E-state index contributed by atoms with van der Waals surface area (Å²) in [5.74, 6) is -0.603. The maximum Gasteiger partial charge on any atom is 0.573 e. The van der Waals surface area contributed by atoms with Gasteiger partial charge in [0.1, 0.15) is 11.9 Å². The summed E-state index contributed by atoms with van der Waals surface area (Å²) >= 11 is 0. The normalized spacial score (nSPS) is 22.5. The first-order chi connectivity index (χ1) is 14.1. The van der Waals surface area contributed by atoms with Crippen molar-refractivity contribution in [2.45, 2.75) is 31.7 Å². The topological polar surface area (TPSA) is 88.5 Å². The molecule has 0 aromatic heterocycles. The summed E-state index contributed by atoms with van der Waals surface area (Å²) in [6.07, 6.45) is -6.65. The Labute approximate surface area is 171 Å². The molecular weight excluding hydrogens is 409 g/mol. The largest absolute Gasteiger partial charge is 0.573 e. The van der Waals surface area contributed by atoms with E-state index in [1.807, 2.05) is 0 Å². The summed E-state index contributed by atoms with van der Waals surface area (Å²) in [6.45, 7) is 3.65. The molecule has 11 heteroatoms. The van der Waals surface area contributed by atoms with Crippen LogP contribution >= 0.6 is 0 Å². The van der Waals surface area contributed by atoms with Crippen LogP contribution < -0.4 is 4.74 Å². The molecule has 1 N–H and O–H groups in total. The molecule has 2 unspecified atom stereocenters. The highest BCUT2D eigenvalue weighted by Crippen LogP contribution is 2.33. The molecule has 8 nitrogen and oxygen atoms in total. The highest BCUT2D eigenvalue weighted by molar-refractivity contribution is 5.75. The summed E-state index contributed by atoms with van der Waals surface area (Å²) < 4.78 is 51.7. The Balaban J connectivity index is 1.79. The fraction of sp³-hybridized carbons (Fsp3) is 0.579. The number of carbonyl (C=O) groups excluding carboxylic acids is 1. The smallest absolute Gasteiger partial charge is 0.450 e. The molecular formula is C19H23F3N2O6. The van der Waals surface area contributed by atoms with Gasteiger partial charge in [0.2, 0.25) is 0 Å². The third-order valence-corrected chi connectivity index (χ3v) is 5.13. The van der Waals surface area contributed by atoms with Crippen LogP contribution in [0.5, 0.6) is 5.75 Å². The lowest BCUT2D eigenvalue weighted by Crippen LogP contribution is -2.54. The van der Waals surface area contributed by atoms with Gasteiger partial charge in [-0.05, 0) is 30.5 Å². The van der Waals surface area contributed by atoms with Crippen molar-refractivity contribution in [2.24, 2.45) is 0 Å². The molecule has 1 aromatic carbocycles. The highest BCUT2D eigenvalue weighted by Gasteiger charge is 2.36. The number of halogens is 3. The van der Waals surface area contributed by atoms with Gasteiger partial charge in [-0.1, -0.05) is 12.1 Å². The first-order valence-electron chi connectivity index (χ1n) is 9.50. The Morgan fingerprint density at radius 1 is 1.17 bits per heavy atom. The van der Waals surface area contributed by atoms with Gasteiger partial charge >= 0.3 is 18.5 Å². The van der Waals surface area contributed by atoms with Gasteiger partial charge in [-0.15, -0.1) is 13.2 Å². The van der Waals surface area contributed by atoms with E-state index in [-0.39, 0.29) is 29.8 Å². The van der Waals surface area contributed by atoms with Gasteiger partial charge in [-0.25, -0.2) is 9.59 Å². The molecule has 0 spiro atoms. The predicted molar refractivity (Wildman–Crippen MR) is 97.5 cm³/mol. The lowest BCUT2D eigenvalue weighted by atomic mass is 9.88. The number of alkyl halides is 3. The third-order valence-electron chi connectivity index (χ3n) is 5.13. The first kappa shape index (κ1) is 22.0. The number of piperidine rings is 1. The fourth-order valence-corrected chi connectivity index (χ4v) is 3.80. The van der Waals surface area contributed by atoms with Crippen LogP contribution in [-0.2, 0) is 9.47 Å². The van der Waals surface area contributed by atoms with Crippen LogP contribution in [0, 0.1) is 6.92 Å². The molecule has 2 fully saturated rings.